The highest BCUT2D eigenvalue weighted by Crippen LogP contribution is 2.32. The maximum atomic E-state index is 9.96. The Morgan fingerprint density at radius 3 is 2.76 bits per heavy atom. The SMILES string of the molecule is CNCC(O)COc1cc(Cl)cc(-c2nc(NC3CCOC3)c(C)c(-c3ccncc3)n2)c1. The summed E-state index contributed by atoms with van der Waals surface area (Å²) >= 11 is 6.39. The summed E-state index contributed by atoms with van der Waals surface area (Å²) in [5.41, 5.74) is 3.44. The first-order chi connectivity index (χ1) is 16.0. The van der Waals surface area contributed by atoms with E-state index >= 15 is 0 Å². The molecule has 2 atom stereocenters. The fraction of sp³-hybridized carbons (Fsp3) is 0.375. The van der Waals surface area contributed by atoms with Gasteiger partial charge in [-0.15, -0.1) is 0 Å². The molecule has 0 spiro atoms. The summed E-state index contributed by atoms with van der Waals surface area (Å²) in [6, 6.07) is 9.41. The molecule has 1 aliphatic heterocycles. The summed E-state index contributed by atoms with van der Waals surface area (Å²) in [5, 5.41) is 16.9. The molecular formula is C24H28ClN5O3. The van der Waals surface area contributed by atoms with Crippen LogP contribution >= 0.6 is 11.6 Å². The van der Waals surface area contributed by atoms with Crippen molar-refractivity contribution >= 4 is 17.4 Å². The Hall–Kier alpha value is -2.78. The van der Waals surface area contributed by atoms with Crippen molar-refractivity contribution in [3.63, 3.8) is 0 Å². The molecule has 4 rings (SSSR count). The summed E-state index contributed by atoms with van der Waals surface area (Å²) in [5.74, 6) is 1.83. The van der Waals surface area contributed by atoms with Crippen LogP contribution in [0.5, 0.6) is 5.75 Å². The van der Waals surface area contributed by atoms with Crippen LogP contribution in [0, 0.1) is 6.92 Å². The normalized spacial score (nSPS) is 16.5. The Morgan fingerprint density at radius 2 is 2.03 bits per heavy atom. The number of rotatable bonds is 9. The molecule has 0 radical (unpaired) electrons. The first-order valence-corrected chi connectivity index (χ1v) is 11.3. The van der Waals surface area contributed by atoms with Crippen LogP contribution in [0.1, 0.15) is 12.0 Å². The summed E-state index contributed by atoms with van der Waals surface area (Å²) in [7, 11) is 1.78. The molecule has 0 aliphatic carbocycles. The highest BCUT2D eigenvalue weighted by Gasteiger charge is 2.20. The predicted octanol–water partition coefficient (Wildman–Crippen LogP) is 3.33. The number of hydrogen-bond acceptors (Lipinski definition) is 8. The first-order valence-electron chi connectivity index (χ1n) is 10.9. The number of benzene rings is 1. The van der Waals surface area contributed by atoms with E-state index in [2.05, 4.69) is 15.6 Å². The van der Waals surface area contributed by atoms with Crippen molar-refractivity contribution in [2.75, 3.05) is 38.7 Å². The summed E-state index contributed by atoms with van der Waals surface area (Å²) in [6.45, 7) is 3.97. The largest absolute Gasteiger partial charge is 0.491 e. The van der Waals surface area contributed by atoms with Gasteiger partial charge in [0, 0.05) is 47.3 Å². The van der Waals surface area contributed by atoms with Gasteiger partial charge in [0.25, 0.3) is 0 Å². The smallest absolute Gasteiger partial charge is 0.162 e. The van der Waals surface area contributed by atoms with E-state index in [1.165, 1.54) is 0 Å². The molecule has 9 heteroatoms. The second-order valence-electron chi connectivity index (χ2n) is 8.01. The molecule has 1 fully saturated rings. The van der Waals surface area contributed by atoms with Gasteiger partial charge < -0.3 is 25.2 Å². The van der Waals surface area contributed by atoms with Gasteiger partial charge in [0.05, 0.1) is 18.3 Å². The molecule has 0 bridgehead atoms. The number of anilines is 1. The number of halogens is 1. The van der Waals surface area contributed by atoms with Gasteiger partial charge in [0.15, 0.2) is 5.82 Å². The van der Waals surface area contributed by atoms with Crippen molar-refractivity contribution < 1.29 is 14.6 Å². The topological polar surface area (TPSA) is 101 Å². The van der Waals surface area contributed by atoms with E-state index in [1.54, 1.807) is 25.5 Å². The zero-order chi connectivity index (χ0) is 23.2. The van der Waals surface area contributed by atoms with Crippen LogP contribution in [0.15, 0.2) is 42.7 Å². The van der Waals surface area contributed by atoms with Gasteiger partial charge >= 0.3 is 0 Å². The minimum Gasteiger partial charge on any atom is -0.491 e. The summed E-state index contributed by atoms with van der Waals surface area (Å²) in [6.07, 6.45) is 3.79. The van der Waals surface area contributed by atoms with Crippen molar-refractivity contribution in [2.45, 2.75) is 25.5 Å². The summed E-state index contributed by atoms with van der Waals surface area (Å²) in [4.78, 5) is 13.8. The van der Waals surface area contributed by atoms with Gasteiger partial charge in [0.1, 0.15) is 24.3 Å². The number of ether oxygens (including phenoxy) is 2. The Morgan fingerprint density at radius 1 is 1.21 bits per heavy atom. The maximum Gasteiger partial charge on any atom is 0.162 e. The zero-order valence-corrected chi connectivity index (χ0v) is 19.5. The molecule has 3 aromatic rings. The lowest BCUT2D eigenvalue weighted by Crippen LogP contribution is -2.29. The molecule has 3 N–H and O–H groups in total. The van der Waals surface area contributed by atoms with Gasteiger partial charge in [-0.1, -0.05) is 11.6 Å². The van der Waals surface area contributed by atoms with Gasteiger partial charge in [-0.3, -0.25) is 4.98 Å². The molecule has 0 saturated carbocycles. The molecule has 0 amide bonds. The molecule has 1 aliphatic rings. The van der Waals surface area contributed by atoms with Crippen LogP contribution in [0.3, 0.4) is 0 Å². The van der Waals surface area contributed by atoms with Crippen molar-refractivity contribution in [3.8, 4) is 28.4 Å². The minimum atomic E-state index is -0.629. The Balaban J connectivity index is 1.71. The van der Waals surface area contributed by atoms with Gasteiger partial charge in [-0.25, -0.2) is 9.97 Å². The molecule has 2 unspecified atom stereocenters. The fourth-order valence-electron chi connectivity index (χ4n) is 3.68. The van der Waals surface area contributed by atoms with E-state index in [4.69, 9.17) is 31.0 Å². The van der Waals surface area contributed by atoms with E-state index in [0.29, 0.717) is 29.7 Å². The lowest BCUT2D eigenvalue weighted by Gasteiger charge is -2.18. The molecule has 8 nitrogen and oxygen atoms in total. The number of pyridine rings is 1. The van der Waals surface area contributed by atoms with Crippen LogP contribution in [0.2, 0.25) is 5.02 Å². The fourth-order valence-corrected chi connectivity index (χ4v) is 3.91. The van der Waals surface area contributed by atoms with Crippen molar-refractivity contribution in [2.24, 2.45) is 0 Å². The molecule has 1 saturated heterocycles. The third kappa shape index (κ3) is 5.97. The van der Waals surface area contributed by atoms with E-state index in [0.717, 1.165) is 41.2 Å². The van der Waals surface area contributed by atoms with Gasteiger partial charge in [0.2, 0.25) is 0 Å². The van der Waals surface area contributed by atoms with Crippen molar-refractivity contribution in [3.05, 3.63) is 53.3 Å². The number of aromatic nitrogens is 3. The van der Waals surface area contributed by atoms with Gasteiger partial charge in [-0.05, 0) is 50.7 Å². The number of aliphatic hydroxyl groups is 1. The minimum absolute atomic E-state index is 0.145. The second kappa shape index (κ2) is 10.9. The number of hydrogen-bond donors (Lipinski definition) is 3. The summed E-state index contributed by atoms with van der Waals surface area (Å²) < 4.78 is 11.3. The molecular weight excluding hydrogens is 442 g/mol. The number of aliphatic hydroxyl groups excluding tert-OH is 1. The molecule has 1 aromatic carbocycles. The third-order valence-electron chi connectivity index (χ3n) is 5.38. The van der Waals surface area contributed by atoms with Crippen molar-refractivity contribution in [1.82, 2.24) is 20.3 Å². The third-order valence-corrected chi connectivity index (χ3v) is 5.60. The number of nitrogens with one attached hydrogen (secondary N) is 2. The monoisotopic (exact) mass is 469 g/mol. The number of nitrogens with zero attached hydrogens (tertiary/aromatic N) is 3. The predicted molar refractivity (Wildman–Crippen MR) is 129 cm³/mol. The Labute approximate surface area is 198 Å². The van der Waals surface area contributed by atoms with Crippen LogP contribution in [-0.4, -0.2) is 65.6 Å². The molecule has 3 heterocycles. The highest BCUT2D eigenvalue weighted by molar-refractivity contribution is 6.31. The lowest BCUT2D eigenvalue weighted by molar-refractivity contribution is 0.108. The first kappa shape index (κ1) is 23.4. The van der Waals surface area contributed by atoms with Crippen LogP contribution < -0.4 is 15.4 Å². The van der Waals surface area contributed by atoms with E-state index in [-0.39, 0.29) is 12.6 Å². The molecule has 33 heavy (non-hydrogen) atoms. The zero-order valence-electron chi connectivity index (χ0n) is 18.7. The van der Waals surface area contributed by atoms with E-state index in [9.17, 15) is 5.11 Å². The standard InChI is InChI=1S/C24H28ClN5O3/c1-15-22(16-3-6-27-7-4-16)29-24(30-23(15)28-19-5-8-32-13-19)17-9-18(25)11-21(10-17)33-14-20(31)12-26-2/h3-4,6-7,9-11,19-20,26,31H,5,8,12-14H2,1-2H3,(H,28,29,30). The lowest BCUT2D eigenvalue weighted by atomic mass is 10.1. The average Bonchev–Trinajstić information content (AvgIpc) is 3.33. The van der Waals surface area contributed by atoms with Gasteiger partial charge in [-0.2, -0.15) is 0 Å². The maximum absolute atomic E-state index is 9.96. The van der Waals surface area contributed by atoms with Crippen molar-refractivity contribution in [1.29, 1.82) is 0 Å². The quantitative estimate of drug-likeness (QED) is 0.438. The average molecular weight is 470 g/mol. The van der Waals surface area contributed by atoms with E-state index in [1.807, 2.05) is 31.2 Å². The number of likely N-dealkylation sites (N-methyl/N-ethyl adjacent to an activating group) is 1. The highest BCUT2D eigenvalue weighted by atomic mass is 35.5. The van der Waals surface area contributed by atoms with Crippen LogP contribution in [0.25, 0.3) is 22.6 Å². The molecule has 174 valence electrons. The van der Waals surface area contributed by atoms with Crippen LogP contribution in [0.4, 0.5) is 5.82 Å². The second-order valence-corrected chi connectivity index (χ2v) is 8.44. The Bertz CT molecular complexity index is 1080. The van der Waals surface area contributed by atoms with Crippen LogP contribution in [-0.2, 0) is 4.74 Å². The molecule has 2 aromatic heterocycles. The van der Waals surface area contributed by atoms with E-state index < -0.39 is 6.10 Å². The Kier molecular flexibility index (Phi) is 7.72.